The van der Waals surface area contributed by atoms with Gasteiger partial charge in [-0.3, -0.25) is 9.88 Å². The lowest BCUT2D eigenvalue weighted by Gasteiger charge is -2.36. The van der Waals surface area contributed by atoms with E-state index >= 15 is 0 Å². The van der Waals surface area contributed by atoms with Crippen molar-refractivity contribution in [3.8, 4) is 28.4 Å². The van der Waals surface area contributed by atoms with Crippen molar-refractivity contribution in [1.82, 2.24) is 29.9 Å². The number of nitrogens with zero attached hydrogens (tertiary/aromatic N) is 7. The molecule has 260 valence electrons. The van der Waals surface area contributed by atoms with E-state index < -0.39 is 52.4 Å². The van der Waals surface area contributed by atoms with E-state index in [0.717, 1.165) is 24.7 Å². The first-order chi connectivity index (χ1) is 23.2. The van der Waals surface area contributed by atoms with Gasteiger partial charge >= 0.3 is 18.3 Å². The van der Waals surface area contributed by atoms with Gasteiger partial charge in [0.15, 0.2) is 16.4 Å². The van der Waals surface area contributed by atoms with Crippen LogP contribution in [0.2, 0.25) is 0 Å². The Bertz CT molecular complexity index is 1880. The smallest absolute Gasteiger partial charge is 0.419 e. The molecule has 5 rings (SSSR count). The molecule has 49 heavy (non-hydrogen) atoms. The summed E-state index contributed by atoms with van der Waals surface area (Å²) in [5, 5.41) is 3.02. The Balaban J connectivity index is 1.33. The molecule has 1 aliphatic carbocycles. The molecule has 13 nitrogen and oxygen atoms in total. The monoisotopic (exact) mass is 708 g/mol. The van der Waals surface area contributed by atoms with E-state index in [2.05, 4.69) is 35.2 Å². The second kappa shape index (κ2) is 14.6. The predicted molar refractivity (Wildman–Crippen MR) is 165 cm³/mol. The van der Waals surface area contributed by atoms with E-state index in [4.69, 9.17) is 9.47 Å². The minimum atomic E-state index is -4.84. The topological polar surface area (TPSA) is 162 Å². The van der Waals surface area contributed by atoms with Crippen LogP contribution in [-0.4, -0.2) is 82.9 Å². The quantitative estimate of drug-likeness (QED) is 0.208. The highest BCUT2D eigenvalue weighted by Crippen LogP contribution is 2.37. The molecule has 1 aliphatic rings. The van der Waals surface area contributed by atoms with Crippen molar-refractivity contribution in [1.29, 1.82) is 0 Å². The lowest BCUT2D eigenvalue weighted by Crippen LogP contribution is -2.45. The summed E-state index contributed by atoms with van der Waals surface area (Å²) in [7, 11) is -2.34. The van der Waals surface area contributed by atoms with Crippen LogP contribution < -0.4 is 15.0 Å². The molecule has 0 atom stereocenters. The second-order valence-electron chi connectivity index (χ2n) is 11.0. The summed E-state index contributed by atoms with van der Waals surface area (Å²) < 4.78 is 101. The fraction of sp³-hybridized carbons (Fsp3) is 0.367. The summed E-state index contributed by atoms with van der Waals surface area (Å²) in [6.07, 6.45) is 0.858. The van der Waals surface area contributed by atoms with Crippen LogP contribution in [0.5, 0.6) is 6.01 Å². The first-order valence-corrected chi connectivity index (χ1v) is 16.5. The number of nitrogens with one attached hydrogen (secondary N) is 1. The van der Waals surface area contributed by atoms with Gasteiger partial charge in [-0.25, -0.2) is 46.9 Å². The van der Waals surface area contributed by atoms with Gasteiger partial charge in [0.2, 0.25) is 5.95 Å². The fourth-order valence-electron chi connectivity index (χ4n) is 5.19. The lowest BCUT2D eigenvalue weighted by molar-refractivity contribution is -0.137. The van der Waals surface area contributed by atoms with E-state index in [9.17, 15) is 35.2 Å². The van der Waals surface area contributed by atoms with E-state index in [1.807, 2.05) is 0 Å². The number of sulfone groups is 1. The van der Waals surface area contributed by atoms with Gasteiger partial charge in [0, 0.05) is 72.2 Å². The van der Waals surface area contributed by atoms with E-state index in [1.165, 1.54) is 30.6 Å². The number of anilines is 2. The Morgan fingerprint density at radius 3 is 2.24 bits per heavy atom. The van der Waals surface area contributed by atoms with Crippen molar-refractivity contribution < 1.29 is 44.6 Å². The van der Waals surface area contributed by atoms with Crippen molar-refractivity contribution >= 4 is 27.7 Å². The van der Waals surface area contributed by atoms with Crippen molar-refractivity contribution in [2.24, 2.45) is 0 Å². The number of rotatable bonds is 10. The normalized spacial score (nSPS) is 16.7. The molecule has 1 saturated carbocycles. The van der Waals surface area contributed by atoms with E-state index in [1.54, 1.807) is 12.1 Å². The maximum absolute atomic E-state index is 13.9. The van der Waals surface area contributed by atoms with Gasteiger partial charge in [-0.05, 0) is 43.9 Å². The molecule has 0 aromatic carbocycles. The molecule has 0 saturated heterocycles. The minimum absolute atomic E-state index is 0.135. The number of methoxy groups -OCH3 is 1. The zero-order chi connectivity index (χ0) is 35.3. The van der Waals surface area contributed by atoms with Crippen LogP contribution in [0.1, 0.15) is 31.2 Å². The molecule has 1 N–H and O–H groups in total. The first-order valence-electron chi connectivity index (χ1n) is 14.7. The highest BCUT2D eigenvalue weighted by atomic mass is 32.2. The number of aromatic nitrogens is 6. The molecule has 1 amide bonds. The minimum Gasteiger partial charge on any atom is -0.467 e. The summed E-state index contributed by atoms with van der Waals surface area (Å²) in [4.78, 5) is 38.2. The average molecular weight is 709 g/mol. The van der Waals surface area contributed by atoms with Crippen LogP contribution in [0.3, 0.4) is 0 Å². The van der Waals surface area contributed by atoms with Crippen LogP contribution in [0.4, 0.5) is 38.5 Å². The SMILES string of the molecule is COc1ncc(-c2ccc(N(C(=O)OCC(F)F)[C@H]3CC[C@H](Nc4ncc(C(F)(F)F)c(-c5cncc(S(C)(=O)=O)c5)n4)CC3)nc2)cn1. The molecule has 0 spiro atoms. The lowest BCUT2D eigenvalue weighted by atomic mass is 9.90. The number of carbonyl (C=O) groups is 1. The number of alkyl halides is 5. The van der Waals surface area contributed by atoms with Gasteiger partial charge in [-0.15, -0.1) is 0 Å². The maximum atomic E-state index is 13.9. The fourth-order valence-corrected chi connectivity index (χ4v) is 5.79. The van der Waals surface area contributed by atoms with Crippen LogP contribution in [0.15, 0.2) is 60.3 Å². The Morgan fingerprint density at radius 1 is 0.959 bits per heavy atom. The van der Waals surface area contributed by atoms with E-state index in [-0.39, 0.29) is 34.3 Å². The summed E-state index contributed by atoms with van der Waals surface area (Å²) >= 11 is 0. The third kappa shape index (κ3) is 8.70. The number of ether oxygens (including phenoxy) is 2. The second-order valence-corrected chi connectivity index (χ2v) is 13.0. The maximum Gasteiger partial charge on any atom is 0.419 e. The molecule has 0 unspecified atom stereocenters. The van der Waals surface area contributed by atoms with E-state index in [0.29, 0.717) is 43.0 Å². The zero-order valence-electron chi connectivity index (χ0n) is 25.9. The number of amides is 1. The number of carbonyl (C=O) groups excluding carboxylic acids is 1. The number of halogens is 5. The number of hydrogen-bond acceptors (Lipinski definition) is 12. The van der Waals surface area contributed by atoms with Crippen molar-refractivity contribution in [3.63, 3.8) is 0 Å². The third-order valence-electron chi connectivity index (χ3n) is 7.57. The molecule has 19 heteroatoms. The average Bonchev–Trinajstić information content (AvgIpc) is 3.08. The Morgan fingerprint density at radius 2 is 1.65 bits per heavy atom. The van der Waals surface area contributed by atoms with Gasteiger partial charge in [0.25, 0.3) is 6.43 Å². The summed E-state index contributed by atoms with van der Waals surface area (Å²) in [5.74, 6) is 0.0266. The number of hydrogen-bond donors (Lipinski definition) is 1. The predicted octanol–water partition coefficient (Wildman–Crippen LogP) is 5.45. The van der Waals surface area contributed by atoms with Crippen molar-refractivity contribution in [3.05, 3.63) is 60.9 Å². The molecular formula is C30H29F5N8O5S. The highest BCUT2D eigenvalue weighted by molar-refractivity contribution is 7.90. The molecule has 1 fully saturated rings. The highest BCUT2D eigenvalue weighted by Gasteiger charge is 2.37. The first kappa shape index (κ1) is 35.2. The van der Waals surface area contributed by atoms with Crippen LogP contribution in [-0.2, 0) is 20.8 Å². The Hall–Kier alpha value is -5.07. The largest absolute Gasteiger partial charge is 0.467 e. The Labute approximate surface area is 276 Å². The molecule has 4 heterocycles. The number of pyridine rings is 2. The Kier molecular flexibility index (Phi) is 10.5. The molecule has 0 radical (unpaired) electrons. The summed E-state index contributed by atoms with van der Waals surface area (Å²) in [6, 6.07) is 3.58. The van der Waals surface area contributed by atoms with Crippen molar-refractivity contribution in [2.45, 2.75) is 55.3 Å². The molecule has 4 aromatic heterocycles. The summed E-state index contributed by atoms with van der Waals surface area (Å²) in [5.41, 5.74) is -0.660. The molecular weight excluding hydrogens is 679 g/mol. The standard InChI is InChI=1S/C30H29F5N8O5S/c1-47-28-39-12-19(13-40-28)17-3-8-25(37-11-17)43(29(44)48-16-24(31)32)21-6-4-20(5-7-21)41-27-38-15-23(30(33,34)35)26(42-27)18-9-22(14-36-10-18)49(2,45)46/h3,8-15,20-21,24H,4-7,16H2,1-2H3,(H,38,41,42)/t20-,21-. The molecule has 0 aliphatic heterocycles. The van der Waals surface area contributed by atoms with Gasteiger partial charge in [0.05, 0.1) is 17.7 Å². The van der Waals surface area contributed by atoms with Crippen LogP contribution >= 0.6 is 0 Å². The van der Waals surface area contributed by atoms with Gasteiger partial charge in [0.1, 0.15) is 11.4 Å². The molecule has 4 aromatic rings. The van der Waals surface area contributed by atoms with Crippen LogP contribution in [0.25, 0.3) is 22.4 Å². The van der Waals surface area contributed by atoms with Gasteiger partial charge < -0.3 is 14.8 Å². The van der Waals surface area contributed by atoms with Gasteiger partial charge in [-0.2, -0.15) is 13.2 Å². The third-order valence-corrected chi connectivity index (χ3v) is 8.65. The zero-order valence-corrected chi connectivity index (χ0v) is 26.8. The van der Waals surface area contributed by atoms with Gasteiger partial charge in [-0.1, -0.05) is 0 Å². The van der Waals surface area contributed by atoms with Crippen LogP contribution in [0, 0.1) is 0 Å². The molecule has 0 bridgehead atoms. The summed E-state index contributed by atoms with van der Waals surface area (Å²) in [6.45, 7) is -1.11. The van der Waals surface area contributed by atoms with Crippen molar-refractivity contribution in [2.75, 3.05) is 30.2 Å².